The van der Waals surface area contributed by atoms with Crippen LogP contribution in [-0.4, -0.2) is 76.1 Å². The average molecular weight is 463 g/mol. The average Bonchev–Trinajstić information content (AvgIpc) is 3.26. The fourth-order valence-electron chi connectivity index (χ4n) is 3.90. The van der Waals surface area contributed by atoms with E-state index in [-0.39, 0.29) is 18.9 Å². The minimum Gasteiger partial charge on any atom is -0.480 e. The fraction of sp³-hybridized carbons (Fsp3) is 0.565. The van der Waals surface area contributed by atoms with Gasteiger partial charge in [-0.3, -0.25) is 14.4 Å². The number of benzene rings is 1. The van der Waals surface area contributed by atoms with Crippen molar-refractivity contribution in [3.63, 3.8) is 0 Å². The molecule has 33 heavy (non-hydrogen) atoms. The number of carbonyl (C=O) groups excluding carboxylic acids is 3. The molecule has 0 radical (unpaired) electrons. The fourth-order valence-corrected chi connectivity index (χ4v) is 3.90. The molecule has 1 heterocycles. The number of rotatable bonds is 11. The van der Waals surface area contributed by atoms with E-state index >= 15 is 0 Å². The maximum atomic E-state index is 13.2. The van der Waals surface area contributed by atoms with Gasteiger partial charge in [-0.15, -0.1) is 0 Å². The van der Waals surface area contributed by atoms with Gasteiger partial charge in [-0.2, -0.15) is 0 Å². The highest BCUT2D eigenvalue weighted by Crippen LogP contribution is 2.19. The van der Waals surface area contributed by atoms with Gasteiger partial charge in [-0.05, 0) is 30.7 Å². The summed E-state index contributed by atoms with van der Waals surface area (Å²) in [5, 5.41) is 24.2. The molecule has 4 unspecified atom stereocenters. The van der Waals surface area contributed by atoms with Crippen LogP contribution in [0.25, 0.3) is 0 Å². The lowest BCUT2D eigenvalue weighted by atomic mass is 10.0. The van der Waals surface area contributed by atoms with Gasteiger partial charge < -0.3 is 31.5 Å². The van der Waals surface area contributed by atoms with E-state index < -0.39 is 54.5 Å². The van der Waals surface area contributed by atoms with Crippen molar-refractivity contribution in [2.45, 2.75) is 63.7 Å². The highest BCUT2D eigenvalue weighted by molar-refractivity contribution is 5.94. The Hall–Kier alpha value is -2.98. The van der Waals surface area contributed by atoms with Gasteiger partial charge in [0.1, 0.15) is 18.1 Å². The number of aliphatic hydroxyl groups excluding tert-OH is 1. The van der Waals surface area contributed by atoms with Gasteiger partial charge in [0.2, 0.25) is 17.7 Å². The van der Waals surface area contributed by atoms with Crippen LogP contribution < -0.4 is 16.4 Å². The molecule has 6 N–H and O–H groups in total. The summed E-state index contributed by atoms with van der Waals surface area (Å²) >= 11 is 0. The summed E-state index contributed by atoms with van der Waals surface area (Å²) in [6.07, 6.45) is 1.44. The molecule has 0 aliphatic carbocycles. The smallest absolute Gasteiger partial charge is 0.326 e. The minimum atomic E-state index is -1.30. The van der Waals surface area contributed by atoms with Gasteiger partial charge in [0, 0.05) is 13.0 Å². The molecular weight excluding hydrogens is 428 g/mol. The first-order valence-electron chi connectivity index (χ1n) is 11.2. The molecule has 182 valence electrons. The lowest BCUT2D eigenvalue weighted by molar-refractivity contribution is -0.149. The molecule has 1 saturated heterocycles. The maximum absolute atomic E-state index is 13.2. The molecular formula is C23H34N4O6. The van der Waals surface area contributed by atoms with Crippen LogP contribution in [0.2, 0.25) is 0 Å². The van der Waals surface area contributed by atoms with Crippen molar-refractivity contribution in [1.82, 2.24) is 15.5 Å². The lowest BCUT2D eigenvalue weighted by Gasteiger charge is -2.28. The molecule has 1 aliphatic rings. The standard InChI is InChI=1S/C23H34N4O6/c1-14(2)11-16(24)20(29)26-18(13-28)21(30)25-17(12-15-7-4-3-5-8-15)22(31)27-10-6-9-19(27)23(32)33/h3-5,7-8,14,16-19,28H,6,9-13,24H2,1-2H3,(H,25,30)(H,26,29)(H,32,33). The first-order valence-corrected chi connectivity index (χ1v) is 11.2. The number of nitrogens with one attached hydrogen (secondary N) is 2. The van der Waals surface area contributed by atoms with Crippen LogP contribution in [0.3, 0.4) is 0 Å². The Balaban J connectivity index is 2.16. The molecule has 1 aromatic carbocycles. The van der Waals surface area contributed by atoms with Gasteiger partial charge in [0.05, 0.1) is 12.6 Å². The third kappa shape index (κ3) is 7.54. The predicted octanol–water partition coefficient (Wildman–Crippen LogP) is -0.360. The van der Waals surface area contributed by atoms with Gasteiger partial charge in [0.25, 0.3) is 0 Å². The second-order valence-corrected chi connectivity index (χ2v) is 8.76. The number of carboxylic acids is 1. The second-order valence-electron chi connectivity index (χ2n) is 8.76. The van der Waals surface area contributed by atoms with Gasteiger partial charge >= 0.3 is 5.97 Å². The quantitative estimate of drug-likeness (QED) is 0.300. The number of aliphatic carboxylic acids is 1. The Morgan fingerprint density at radius 2 is 1.73 bits per heavy atom. The van der Waals surface area contributed by atoms with E-state index in [1.807, 2.05) is 19.9 Å². The number of aliphatic hydroxyl groups is 1. The van der Waals surface area contributed by atoms with E-state index in [2.05, 4.69) is 10.6 Å². The molecule has 0 saturated carbocycles. The van der Waals surface area contributed by atoms with Crippen LogP contribution in [0.5, 0.6) is 0 Å². The number of nitrogens with zero attached hydrogens (tertiary/aromatic N) is 1. The molecule has 1 aliphatic heterocycles. The maximum Gasteiger partial charge on any atom is 0.326 e. The first kappa shape index (κ1) is 26.3. The molecule has 0 spiro atoms. The molecule has 0 aromatic heterocycles. The third-order valence-corrected chi connectivity index (χ3v) is 5.60. The highest BCUT2D eigenvalue weighted by Gasteiger charge is 2.38. The van der Waals surface area contributed by atoms with E-state index in [0.717, 1.165) is 5.56 Å². The van der Waals surface area contributed by atoms with E-state index in [4.69, 9.17) is 5.73 Å². The third-order valence-electron chi connectivity index (χ3n) is 5.60. The molecule has 1 aromatic rings. The minimum absolute atomic E-state index is 0.132. The Kier molecular flexibility index (Phi) is 9.80. The molecule has 10 heteroatoms. The number of carbonyl (C=O) groups is 4. The molecule has 1 fully saturated rings. The zero-order valence-corrected chi connectivity index (χ0v) is 19.1. The Labute approximate surface area is 193 Å². The van der Waals surface area contributed by atoms with Crippen LogP contribution in [0.4, 0.5) is 0 Å². The zero-order chi connectivity index (χ0) is 24.5. The molecule has 10 nitrogen and oxygen atoms in total. The summed E-state index contributed by atoms with van der Waals surface area (Å²) in [7, 11) is 0. The summed E-state index contributed by atoms with van der Waals surface area (Å²) < 4.78 is 0. The normalized spacial score (nSPS) is 18.5. The summed E-state index contributed by atoms with van der Waals surface area (Å²) in [5.74, 6) is -2.76. The van der Waals surface area contributed by atoms with E-state index in [9.17, 15) is 29.4 Å². The summed E-state index contributed by atoms with van der Waals surface area (Å²) in [4.78, 5) is 51.3. The number of hydrogen-bond donors (Lipinski definition) is 5. The van der Waals surface area contributed by atoms with Crippen LogP contribution in [0.1, 0.15) is 38.7 Å². The van der Waals surface area contributed by atoms with Crippen molar-refractivity contribution in [2.75, 3.05) is 13.2 Å². The molecule has 2 rings (SSSR count). The summed E-state index contributed by atoms with van der Waals surface area (Å²) in [6, 6.07) is 4.85. The number of nitrogens with two attached hydrogens (primary N) is 1. The van der Waals surface area contributed by atoms with Crippen LogP contribution in [0.15, 0.2) is 30.3 Å². The zero-order valence-electron chi connectivity index (χ0n) is 19.1. The van der Waals surface area contributed by atoms with Crippen LogP contribution >= 0.6 is 0 Å². The van der Waals surface area contributed by atoms with Crippen molar-refractivity contribution in [3.05, 3.63) is 35.9 Å². The first-order chi connectivity index (χ1) is 15.6. The Morgan fingerprint density at radius 3 is 2.30 bits per heavy atom. The summed E-state index contributed by atoms with van der Waals surface area (Å²) in [5.41, 5.74) is 6.63. The van der Waals surface area contributed by atoms with E-state index in [0.29, 0.717) is 19.3 Å². The van der Waals surface area contributed by atoms with Gasteiger partial charge in [-0.25, -0.2) is 4.79 Å². The van der Waals surface area contributed by atoms with Crippen molar-refractivity contribution >= 4 is 23.7 Å². The predicted molar refractivity (Wildman–Crippen MR) is 121 cm³/mol. The number of amides is 3. The lowest BCUT2D eigenvalue weighted by Crippen LogP contribution is -2.58. The van der Waals surface area contributed by atoms with Crippen molar-refractivity contribution in [2.24, 2.45) is 11.7 Å². The van der Waals surface area contributed by atoms with Crippen molar-refractivity contribution < 1.29 is 29.4 Å². The SMILES string of the molecule is CC(C)CC(N)C(=O)NC(CO)C(=O)NC(Cc1ccccc1)C(=O)N1CCCC1C(=O)O. The highest BCUT2D eigenvalue weighted by atomic mass is 16.4. The van der Waals surface area contributed by atoms with Crippen LogP contribution in [-0.2, 0) is 25.6 Å². The Bertz CT molecular complexity index is 832. The van der Waals surface area contributed by atoms with Gasteiger partial charge in [-0.1, -0.05) is 44.2 Å². The molecule has 0 bridgehead atoms. The largest absolute Gasteiger partial charge is 0.480 e. The van der Waals surface area contributed by atoms with E-state index in [1.165, 1.54) is 4.90 Å². The number of carboxylic acid groups (broad SMARTS) is 1. The number of likely N-dealkylation sites (tertiary alicyclic amines) is 1. The van der Waals surface area contributed by atoms with Crippen molar-refractivity contribution in [3.8, 4) is 0 Å². The second kappa shape index (κ2) is 12.3. The van der Waals surface area contributed by atoms with Crippen LogP contribution in [0, 0.1) is 5.92 Å². The van der Waals surface area contributed by atoms with Crippen molar-refractivity contribution in [1.29, 1.82) is 0 Å². The van der Waals surface area contributed by atoms with E-state index in [1.54, 1.807) is 24.3 Å². The number of hydrogen-bond acceptors (Lipinski definition) is 6. The monoisotopic (exact) mass is 462 g/mol. The van der Waals surface area contributed by atoms with Gasteiger partial charge in [0.15, 0.2) is 0 Å². The molecule has 4 atom stereocenters. The topological polar surface area (TPSA) is 162 Å². The Morgan fingerprint density at radius 1 is 1.09 bits per heavy atom. The summed E-state index contributed by atoms with van der Waals surface area (Å²) in [6.45, 7) is 3.42. The molecule has 3 amide bonds.